The molecule has 4 nitrogen and oxygen atoms in total. The molecule has 0 bridgehead atoms. The molecule has 1 aromatic carbocycles. The summed E-state index contributed by atoms with van der Waals surface area (Å²) in [4.78, 5) is 23.3. The van der Waals surface area contributed by atoms with Crippen molar-refractivity contribution < 1.29 is 19.4 Å². The van der Waals surface area contributed by atoms with Crippen molar-refractivity contribution in [3.8, 4) is 0 Å². The lowest BCUT2D eigenvalue weighted by Gasteiger charge is -2.13. The van der Waals surface area contributed by atoms with Gasteiger partial charge in [-0.3, -0.25) is 0 Å². The number of hydrogen-bond donors (Lipinski definition) is 1. The molecule has 0 aromatic heterocycles. The summed E-state index contributed by atoms with van der Waals surface area (Å²) in [6, 6.07) is 8.53. The average Bonchev–Trinajstić information content (AvgIpc) is 2.68. The topological polar surface area (TPSA) is 63.6 Å². The summed E-state index contributed by atoms with van der Waals surface area (Å²) in [5.41, 5.74) is 0.387. The van der Waals surface area contributed by atoms with E-state index in [2.05, 4.69) is 6.92 Å². The number of benzene rings is 1. The molecule has 1 rings (SSSR count). The van der Waals surface area contributed by atoms with Gasteiger partial charge in [0.05, 0.1) is 5.56 Å². The lowest BCUT2D eigenvalue weighted by atomic mass is 10.0. The third-order valence-corrected chi connectivity index (χ3v) is 4.85. The lowest BCUT2D eigenvalue weighted by Crippen LogP contribution is -2.27. The summed E-state index contributed by atoms with van der Waals surface area (Å²) < 4.78 is 5.16. The second-order valence-corrected chi connectivity index (χ2v) is 7.28. The third-order valence-electron chi connectivity index (χ3n) is 4.85. The molecule has 0 heterocycles. The third kappa shape index (κ3) is 11.5. The molecule has 0 saturated carbocycles. The molecule has 0 saturated heterocycles. The molecule has 1 atom stereocenters. The fraction of sp³-hybridized carbons (Fsp3) is 0.652. The molecular formula is C23H36O4. The Kier molecular flexibility index (Phi) is 13.1. The molecular weight excluding hydrogens is 340 g/mol. The zero-order valence-electron chi connectivity index (χ0n) is 16.8. The Morgan fingerprint density at radius 3 is 1.78 bits per heavy atom. The highest BCUT2D eigenvalue weighted by Crippen LogP contribution is 2.14. The van der Waals surface area contributed by atoms with Crippen LogP contribution in [0.2, 0.25) is 0 Å². The Labute approximate surface area is 164 Å². The number of hydrogen-bond acceptors (Lipinski definition) is 3. The molecule has 0 unspecified atom stereocenters. The van der Waals surface area contributed by atoms with Gasteiger partial charge in [0.1, 0.15) is 0 Å². The molecule has 4 heteroatoms. The van der Waals surface area contributed by atoms with E-state index in [1.807, 2.05) is 0 Å². The number of rotatable bonds is 16. The van der Waals surface area contributed by atoms with Crippen LogP contribution in [0.4, 0.5) is 0 Å². The Hall–Kier alpha value is -1.84. The van der Waals surface area contributed by atoms with Crippen LogP contribution in [0.15, 0.2) is 30.3 Å². The SMILES string of the molecule is CCCCCCCCCCCCCC[C@@H](OC(=O)c1ccccc1)C(=O)O. The average molecular weight is 377 g/mol. The summed E-state index contributed by atoms with van der Waals surface area (Å²) in [6.45, 7) is 2.24. The Balaban J connectivity index is 2.07. The largest absolute Gasteiger partial charge is 0.479 e. The van der Waals surface area contributed by atoms with E-state index in [0.717, 1.165) is 19.3 Å². The van der Waals surface area contributed by atoms with Crippen molar-refractivity contribution in [2.75, 3.05) is 0 Å². The monoisotopic (exact) mass is 376 g/mol. The van der Waals surface area contributed by atoms with E-state index in [9.17, 15) is 14.7 Å². The van der Waals surface area contributed by atoms with Crippen molar-refractivity contribution in [1.29, 1.82) is 0 Å². The van der Waals surface area contributed by atoms with Crippen LogP contribution in [-0.4, -0.2) is 23.1 Å². The number of carbonyl (C=O) groups excluding carboxylic acids is 1. The first-order valence-electron chi connectivity index (χ1n) is 10.6. The van der Waals surface area contributed by atoms with Gasteiger partial charge in [-0.15, -0.1) is 0 Å². The number of aliphatic carboxylic acids is 1. The van der Waals surface area contributed by atoms with Gasteiger partial charge in [0, 0.05) is 0 Å². The van der Waals surface area contributed by atoms with Gasteiger partial charge in [-0.1, -0.05) is 95.8 Å². The Bertz CT molecular complexity index is 512. The van der Waals surface area contributed by atoms with Crippen LogP contribution in [0.25, 0.3) is 0 Å². The molecule has 0 radical (unpaired) electrons. The van der Waals surface area contributed by atoms with Crippen LogP contribution in [-0.2, 0) is 9.53 Å². The van der Waals surface area contributed by atoms with Crippen LogP contribution in [0.1, 0.15) is 101 Å². The van der Waals surface area contributed by atoms with E-state index in [0.29, 0.717) is 12.0 Å². The van der Waals surface area contributed by atoms with Crippen LogP contribution in [0, 0.1) is 0 Å². The first-order chi connectivity index (χ1) is 13.1. The molecule has 27 heavy (non-hydrogen) atoms. The summed E-state index contributed by atoms with van der Waals surface area (Å²) in [5.74, 6) is -1.63. The standard InChI is InChI=1S/C23H36O4/c1-2-3-4-5-6-7-8-9-10-11-12-16-19-21(22(24)25)27-23(26)20-17-14-13-15-18-20/h13-15,17-18,21H,2-12,16,19H2,1H3,(H,24,25)/t21-/m1/s1. The van der Waals surface area contributed by atoms with Crippen LogP contribution in [0.3, 0.4) is 0 Å². The van der Waals surface area contributed by atoms with E-state index >= 15 is 0 Å². The minimum absolute atomic E-state index is 0.380. The molecule has 0 aliphatic heterocycles. The summed E-state index contributed by atoms with van der Waals surface area (Å²) in [7, 11) is 0. The number of ether oxygens (including phenoxy) is 1. The van der Waals surface area contributed by atoms with Gasteiger partial charge < -0.3 is 9.84 Å². The summed E-state index contributed by atoms with van der Waals surface area (Å²) >= 11 is 0. The molecule has 1 N–H and O–H groups in total. The number of carbonyl (C=O) groups is 2. The predicted octanol–water partition coefficient (Wildman–Crippen LogP) is 6.39. The summed E-state index contributed by atoms with van der Waals surface area (Å²) in [6.07, 6.45) is 14.1. The van der Waals surface area contributed by atoms with E-state index in [1.54, 1.807) is 30.3 Å². The van der Waals surface area contributed by atoms with Crippen molar-refractivity contribution in [3.05, 3.63) is 35.9 Å². The van der Waals surface area contributed by atoms with E-state index < -0.39 is 18.0 Å². The maximum atomic E-state index is 12.0. The number of carboxylic acids is 1. The number of esters is 1. The number of carboxylic acid groups (broad SMARTS) is 1. The van der Waals surface area contributed by atoms with Crippen molar-refractivity contribution in [2.45, 2.75) is 96.5 Å². The Morgan fingerprint density at radius 2 is 1.30 bits per heavy atom. The van der Waals surface area contributed by atoms with Gasteiger partial charge in [-0.25, -0.2) is 9.59 Å². The number of unbranched alkanes of at least 4 members (excludes halogenated alkanes) is 11. The smallest absolute Gasteiger partial charge is 0.345 e. The van der Waals surface area contributed by atoms with Gasteiger partial charge in [-0.2, -0.15) is 0 Å². The zero-order valence-corrected chi connectivity index (χ0v) is 16.8. The van der Waals surface area contributed by atoms with Crippen molar-refractivity contribution in [3.63, 3.8) is 0 Å². The zero-order chi connectivity index (χ0) is 19.7. The molecule has 1 aromatic rings. The molecule has 0 fully saturated rings. The van der Waals surface area contributed by atoms with Gasteiger partial charge in [0.15, 0.2) is 6.10 Å². The maximum absolute atomic E-state index is 12.0. The first-order valence-corrected chi connectivity index (χ1v) is 10.6. The Morgan fingerprint density at radius 1 is 0.815 bits per heavy atom. The molecule has 0 aliphatic carbocycles. The maximum Gasteiger partial charge on any atom is 0.345 e. The first kappa shape index (κ1) is 23.2. The fourth-order valence-corrected chi connectivity index (χ4v) is 3.18. The van der Waals surface area contributed by atoms with Crippen LogP contribution in [0.5, 0.6) is 0 Å². The van der Waals surface area contributed by atoms with Crippen LogP contribution < -0.4 is 0 Å². The highest BCUT2D eigenvalue weighted by atomic mass is 16.6. The van der Waals surface area contributed by atoms with Gasteiger partial charge in [0.2, 0.25) is 0 Å². The van der Waals surface area contributed by atoms with Gasteiger partial charge in [-0.05, 0) is 25.0 Å². The molecule has 0 spiro atoms. The normalized spacial score (nSPS) is 11.9. The lowest BCUT2D eigenvalue weighted by molar-refractivity contribution is -0.147. The van der Waals surface area contributed by atoms with E-state index in [4.69, 9.17) is 4.74 Å². The predicted molar refractivity (Wildman–Crippen MR) is 109 cm³/mol. The minimum atomic E-state index is -1.07. The second-order valence-electron chi connectivity index (χ2n) is 7.28. The fourth-order valence-electron chi connectivity index (χ4n) is 3.18. The van der Waals surface area contributed by atoms with Gasteiger partial charge in [0.25, 0.3) is 0 Å². The van der Waals surface area contributed by atoms with Crippen molar-refractivity contribution >= 4 is 11.9 Å². The molecule has 152 valence electrons. The quantitative estimate of drug-likeness (QED) is 0.268. The van der Waals surface area contributed by atoms with E-state index in [-0.39, 0.29) is 0 Å². The summed E-state index contributed by atoms with van der Waals surface area (Å²) in [5, 5.41) is 9.27. The van der Waals surface area contributed by atoms with Crippen molar-refractivity contribution in [2.24, 2.45) is 0 Å². The van der Waals surface area contributed by atoms with Gasteiger partial charge >= 0.3 is 11.9 Å². The molecule has 0 amide bonds. The van der Waals surface area contributed by atoms with Crippen LogP contribution >= 0.6 is 0 Å². The van der Waals surface area contributed by atoms with Crippen molar-refractivity contribution in [1.82, 2.24) is 0 Å². The minimum Gasteiger partial charge on any atom is -0.479 e. The molecule has 0 aliphatic rings. The highest BCUT2D eigenvalue weighted by molar-refractivity contribution is 5.91. The highest BCUT2D eigenvalue weighted by Gasteiger charge is 2.22. The van der Waals surface area contributed by atoms with E-state index in [1.165, 1.54) is 57.8 Å². The second kappa shape index (κ2) is 15.2.